The lowest BCUT2D eigenvalue weighted by molar-refractivity contribution is 0.0982. The fourth-order valence-corrected chi connectivity index (χ4v) is 3.84. The van der Waals surface area contributed by atoms with Crippen LogP contribution < -0.4 is 4.90 Å². The van der Waals surface area contributed by atoms with Gasteiger partial charge in [-0.25, -0.2) is 0 Å². The molecule has 0 saturated heterocycles. The average Bonchev–Trinajstić information content (AvgIpc) is 2.54. The van der Waals surface area contributed by atoms with Gasteiger partial charge in [0.2, 0.25) is 0 Å². The largest absolute Gasteiger partial charge is 0.308 e. The minimum Gasteiger partial charge on any atom is -0.308 e. The van der Waals surface area contributed by atoms with Gasteiger partial charge in [-0.15, -0.1) is 11.8 Å². The van der Waals surface area contributed by atoms with Crippen molar-refractivity contribution in [3.8, 4) is 0 Å². The molecule has 0 saturated carbocycles. The summed E-state index contributed by atoms with van der Waals surface area (Å²) in [6.07, 6.45) is 2.09. The molecule has 0 radical (unpaired) electrons. The maximum absolute atomic E-state index is 13.1. The summed E-state index contributed by atoms with van der Waals surface area (Å²) in [4.78, 5) is 16.1. The van der Waals surface area contributed by atoms with E-state index in [1.54, 1.807) is 11.8 Å². The van der Waals surface area contributed by atoms with Crippen LogP contribution in [-0.2, 0) is 6.42 Å². The molecular weight excluding hydrogens is 290 g/mol. The predicted octanol–water partition coefficient (Wildman–Crippen LogP) is 4.78. The van der Waals surface area contributed by atoms with Crippen molar-refractivity contribution in [1.29, 1.82) is 0 Å². The summed E-state index contributed by atoms with van der Waals surface area (Å²) in [5.41, 5.74) is 3.16. The van der Waals surface area contributed by atoms with E-state index < -0.39 is 0 Å². The first-order valence-corrected chi connectivity index (χ1v) is 8.70. The van der Waals surface area contributed by atoms with Crippen molar-refractivity contribution in [2.24, 2.45) is 0 Å². The molecular formula is C19H21NOS. The number of rotatable bonds is 3. The molecule has 0 N–H and O–H groups in total. The van der Waals surface area contributed by atoms with E-state index in [0.29, 0.717) is 5.25 Å². The quantitative estimate of drug-likeness (QED) is 0.760. The van der Waals surface area contributed by atoms with E-state index in [-0.39, 0.29) is 5.91 Å². The molecule has 1 heterocycles. The van der Waals surface area contributed by atoms with E-state index in [2.05, 4.69) is 32.0 Å². The number of anilines is 1. The van der Waals surface area contributed by atoms with Gasteiger partial charge < -0.3 is 4.90 Å². The van der Waals surface area contributed by atoms with Crippen LogP contribution in [0.2, 0.25) is 0 Å². The lowest BCUT2D eigenvalue weighted by atomic mass is 10.0. The highest BCUT2D eigenvalue weighted by atomic mass is 32.2. The number of para-hydroxylation sites is 1. The van der Waals surface area contributed by atoms with Crippen LogP contribution in [0.4, 0.5) is 5.69 Å². The first kappa shape index (κ1) is 15.2. The summed E-state index contributed by atoms with van der Waals surface area (Å²) in [5, 5.41) is 0.461. The number of benzene rings is 2. The minimum atomic E-state index is 0.121. The fraction of sp³-hybridized carbons (Fsp3) is 0.316. The third-order valence-electron chi connectivity index (χ3n) is 3.84. The van der Waals surface area contributed by atoms with Crippen molar-refractivity contribution in [2.75, 3.05) is 11.4 Å². The van der Waals surface area contributed by atoms with E-state index in [9.17, 15) is 4.79 Å². The normalized spacial score (nSPS) is 14.0. The van der Waals surface area contributed by atoms with Crippen LogP contribution in [0.1, 0.15) is 36.2 Å². The zero-order chi connectivity index (χ0) is 15.5. The molecule has 1 amide bonds. The number of nitrogens with zero attached hydrogens (tertiary/aromatic N) is 1. The van der Waals surface area contributed by atoms with Gasteiger partial charge in [-0.2, -0.15) is 0 Å². The Balaban J connectivity index is 1.96. The fourth-order valence-electron chi connectivity index (χ4n) is 2.89. The molecule has 0 aromatic heterocycles. The molecule has 3 rings (SSSR count). The third kappa shape index (κ3) is 3.05. The predicted molar refractivity (Wildman–Crippen MR) is 93.9 cm³/mol. The maximum Gasteiger partial charge on any atom is 0.259 e. The Kier molecular flexibility index (Phi) is 4.53. The first-order chi connectivity index (χ1) is 10.7. The lowest BCUT2D eigenvalue weighted by Crippen LogP contribution is -2.35. The molecule has 3 heteroatoms. The molecule has 2 nitrogen and oxygen atoms in total. The number of hydrogen-bond acceptors (Lipinski definition) is 2. The highest BCUT2D eigenvalue weighted by Crippen LogP contribution is 2.32. The molecule has 114 valence electrons. The average molecular weight is 311 g/mol. The third-order valence-corrected chi connectivity index (χ3v) is 4.92. The molecule has 0 spiro atoms. The van der Waals surface area contributed by atoms with E-state index in [4.69, 9.17) is 0 Å². The van der Waals surface area contributed by atoms with Gasteiger partial charge in [0.15, 0.2) is 0 Å². The highest BCUT2D eigenvalue weighted by molar-refractivity contribution is 8.00. The summed E-state index contributed by atoms with van der Waals surface area (Å²) in [6, 6.07) is 16.2. The maximum atomic E-state index is 13.1. The Labute approximate surface area is 136 Å². The number of aryl methyl sites for hydroxylation is 1. The minimum absolute atomic E-state index is 0.121. The van der Waals surface area contributed by atoms with Crippen LogP contribution in [0.5, 0.6) is 0 Å². The van der Waals surface area contributed by atoms with E-state index in [1.807, 2.05) is 35.2 Å². The zero-order valence-corrected chi connectivity index (χ0v) is 13.9. The van der Waals surface area contributed by atoms with Crippen molar-refractivity contribution >= 4 is 23.4 Å². The van der Waals surface area contributed by atoms with Crippen LogP contribution in [0, 0.1) is 0 Å². The second-order valence-electron chi connectivity index (χ2n) is 5.85. The number of hydrogen-bond donors (Lipinski definition) is 0. The smallest absolute Gasteiger partial charge is 0.259 e. The number of amides is 1. The van der Waals surface area contributed by atoms with Gasteiger partial charge in [-0.3, -0.25) is 4.79 Å². The van der Waals surface area contributed by atoms with Crippen LogP contribution >= 0.6 is 11.8 Å². The van der Waals surface area contributed by atoms with Crippen LogP contribution in [-0.4, -0.2) is 17.7 Å². The molecule has 1 aliphatic rings. The van der Waals surface area contributed by atoms with Crippen LogP contribution in [0.15, 0.2) is 53.4 Å². The van der Waals surface area contributed by atoms with Gasteiger partial charge in [0.25, 0.3) is 5.91 Å². The van der Waals surface area contributed by atoms with Gasteiger partial charge in [0, 0.05) is 22.4 Å². The monoisotopic (exact) mass is 311 g/mol. The van der Waals surface area contributed by atoms with E-state index in [1.165, 1.54) is 5.56 Å². The van der Waals surface area contributed by atoms with Crippen molar-refractivity contribution < 1.29 is 4.79 Å². The first-order valence-electron chi connectivity index (χ1n) is 7.82. The number of thioether (sulfide) groups is 1. The standard InChI is InChI=1S/C19H21NOS/c1-14(2)22-18-12-6-4-10-16(18)19(21)20-13-7-9-15-8-3-5-11-17(15)20/h3-6,8,10-12,14H,7,9,13H2,1-2H3. The molecule has 22 heavy (non-hydrogen) atoms. The summed E-state index contributed by atoms with van der Waals surface area (Å²) >= 11 is 1.75. The topological polar surface area (TPSA) is 20.3 Å². The van der Waals surface area contributed by atoms with Crippen molar-refractivity contribution in [1.82, 2.24) is 0 Å². The van der Waals surface area contributed by atoms with Crippen molar-refractivity contribution in [3.05, 3.63) is 59.7 Å². The number of fused-ring (bicyclic) bond motifs is 1. The molecule has 2 aromatic rings. The molecule has 2 aromatic carbocycles. The summed E-state index contributed by atoms with van der Waals surface area (Å²) in [5.74, 6) is 0.121. The van der Waals surface area contributed by atoms with Gasteiger partial charge >= 0.3 is 0 Å². The lowest BCUT2D eigenvalue weighted by Gasteiger charge is -2.30. The van der Waals surface area contributed by atoms with E-state index in [0.717, 1.165) is 35.5 Å². The Morgan fingerprint density at radius 1 is 1.09 bits per heavy atom. The Morgan fingerprint density at radius 3 is 2.64 bits per heavy atom. The summed E-state index contributed by atoms with van der Waals surface area (Å²) < 4.78 is 0. The molecule has 0 unspecified atom stereocenters. The van der Waals surface area contributed by atoms with Crippen molar-refractivity contribution in [3.63, 3.8) is 0 Å². The van der Waals surface area contributed by atoms with Crippen molar-refractivity contribution in [2.45, 2.75) is 36.8 Å². The Hall–Kier alpha value is -1.74. The second-order valence-corrected chi connectivity index (χ2v) is 7.47. The summed E-state index contributed by atoms with van der Waals surface area (Å²) in [6.45, 7) is 5.11. The SMILES string of the molecule is CC(C)Sc1ccccc1C(=O)N1CCCc2ccccc21. The van der Waals surface area contributed by atoms with Gasteiger partial charge in [-0.05, 0) is 36.6 Å². The zero-order valence-electron chi connectivity index (χ0n) is 13.1. The molecule has 0 fully saturated rings. The van der Waals surface area contributed by atoms with Crippen LogP contribution in [0.25, 0.3) is 0 Å². The second kappa shape index (κ2) is 6.57. The van der Waals surface area contributed by atoms with Gasteiger partial charge in [0.1, 0.15) is 0 Å². The Morgan fingerprint density at radius 2 is 1.82 bits per heavy atom. The van der Waals surface area contributed by atoms with Gasteiger partial charge in [-0.1, -0.05) is 44.2 Å². The summed E-state index contributed by atoms with van der Waals surface area (Å²) in [7, 11) is 0. The molecule has 1 aliphatic heterocycles. The van der Waals surface area contributed by atoms with Crippen LogP contribution in [0.3, 0.4) is 0 Å². The highest BCUT2D eigenvalue weighted by Gasteiger charge is 2.24. The van der Waals surface area contributed by atoms with E-state index >= 15 is 0 Å². The number of carbonyl (C=O) groups is 1. The number of carbonyl (C=O) groups excluding carboxylic acids is 1. The van der Waals surface area contributed by atoms with Gasteiger partial charge in [0.05, 0.1) is 5.56 Å². The Bertz CT molecular complexity index is 681. The molecule has 0 atom stereocenters. The molecule has 0 bridgehead atoms. The molecule has 0 aliphatic carbocycles.